The number of aryl methyl sites for hydroxylation is 1. The van der Waals surface area contributed by atoms with Crippen molar-refractivity contribution < 1.29 is 23.7 Å². The minimum Gasteiger partial charge on any atom is -0.491 e. The minimum atomic E-state index is -0.612. The van der Waals surface area contributed by atoms with E-state index in [9.17, 15) is 4.79 Å². The first kappa shape index (κ1) is 32.2. The van der Waals surface area contributed by atoms with E-state index in [2.05, 4.69) is 92.7 Å². The summed E-state index contributed by atoms with van der Waals surface area (Å²) in [7, 11) is 0. The Hall–Kier alpha value is -4.19. The van der Waals surface area contributed by atoms with E-state index >= 15 is 0 Å². The van der Waals surface area contributed by atoms with Gasteiger partial charge in [0.25, 0.3) is 0 Å². The van der Waals surface area contributed by atoms with Crippen molar-refractivity contribution in [2.24, 2.45) is 0 Å². The summed E-state index contributed by atoms with van der Waals surface area (Å²) in [4.78, 5) is 12.2. The molecule has 45 heavy (non-hydrogen) atoms. The molecule has 0 fully saturated rings. The zero-order valence-electron chi connectivity index (χ0n) is 26.8. The maximum atomic E-state index is 12.2. The lowest BCUT2D eigenvalue weighted by molar-refractivity contribution is -0.156. The van der Waals surface area contributed by atoms with Crippen molar-refractivity contribution in [2.75, 3.05) is 26.4 Å². The molecule has 1 aliphatic carbocycles. The zero-order valence-corrected chi connectivity index (χ0v) is 26.8. The Kier molecular flexibility index (Phi) is 11.2. The predicted octanol–water partition coefficient (Wildman–Crippen LogP) is 8.58. The Balaban J connectivity index is 1.30. The fraction of sp³-hybridized carbons (Fsp3) is 0.325. The summed E-state index contributed by atoms with van der Waals surface area (Å²) >= 11 is 0. The van der Waals surface area contributed by atoms with Gasteiger partial charge in [-0.1, -0.05) is 105 Å². The van der Waals surface area contributed by atoms with Crippen molar-refractivity contribution in [2.45, 2.75) is 58.7 Å². The predicted molar refractivity (Wildman–Crippen MR) is 181 cm³/mol. The van der Waals surface area contributed by atoms with Crippen molar-refractivity contribution in [3.63, 3.8) is 0 Å². The summed E-state index contributed by atoms with van der Waals surface area (Å²) in [6, 6.07) is 31.9. The van der Waals surface area contributed by atoms with Gasteiger partial charge >= 0.3 is 5.97 Å². The molecule has 5 nitrogen and oxygen atoms in total. The number of hydrogen-bond donors (Lipinski definition) is 0. The molecule has 3 atom stereocenters. The number of hydrogen-bond acceptors (Lipinski definition) is 5. The summed E-state index contributed by atoms with van der Waals surface area (Å²) in [6.45, 7) is 9.73. The van der Waals surface area contributed by atoms with E-state index in [0.29, 0.717) is 32.8 Å². The van der Waals surface area contributed by atoms with Gasteiger partial charge in [-0.05, 0) is 76.9 Å². The first-order chi connectivity index (χ1) is 22.0. The molecule has 0 N–H and O–H groups in total. The number of carbonyl (C=O) groups is 1. The van der Waals surface area contributed by atoms with Crippen LogP contribution in [0.2, 0.25) is 0 Å². The topological polar surface area (TPSA) is 54.0 Å². The molecular formula is C40H44O5. The van der Waals surface area contributed by atoms with Crippen molar-refractivity contribution in [1.82, 2.24) is 0 Å². The van der Waals surface area contributed by atoms with Crippen LogP contribution in [0, 0.1) is 0 Å². The number of esters is 1. The third-order valence-corrected chi connectivity index (χ3v) is 8.38. The second kappa shape index (κ2) is 15.7. The lowest BCUT2D eigenvalue weighted by atomic mass is 9.88. The van der Waals surface area contributed by atoms with Crippen LogP contribution in [0.3, 0.4) is 0 Å². The van der Waals surface area contributed by atoms with Gasteiger partial charge in [0.15, 0.2) is 6.10 Å². The Labute approximate surface area is 267 Å². The van der Waals surface area contributed by atoms with E-state index in [1.54, 1.807) is 6.92 Å². The normalized spacial score (nSPS) is 15.0. The summed E-state index contributed by atoms with van der Waals surface area (Å²) in [5.74, 6) is 0.682. The van der Waals surface area contributed by atoms with Gasteiger partial charge in [-0.3, -0.25) is 0 Å². The quantitative estimate of drug-likeness (QED) is 0.107. The molecule has 0 amide bonds. The fourth-order valence-electron chi connectivity index (χ4n) is 5.84. The SMILES string of the molecule is CCOC(=O)C(Cc1ccc(OCCOC2c3ccc(CC)cc3C=Cc3ccc(C(C)c4ccccc4)cc32)cc1)OCC. The van der Waals surface area contributed by atoms with E-state index in [1.807, 2.05) is 31.2 Å². The summed E-state index contributed by atoms with van der Waals surface area (Å²) in [5.41, 5.74) is 9.55. The number of carbonyl (C=O) groups excluding carboxylic acids is 1. The average Bonchev–Trinajstić information content (AvgIpc) is 3.23. The lowest BCUT2D eigenvalue weighted by Gasteiger charge is -2.23. The highest BCUT2D eigenvalue weighted by atomic mass is 16.6. The Morgan fingerprint density at radius 1 is 0.733 bits per heavy atom. The van der Waals surface area contributed by atoms with Crippen molar-refractivity contribution in [1.29, 1.82) is 0 Å². The first-order valence-electron chi connectivity index (χ1n) is 16.1. The van der Waals surface area contributed by atoms with Crippen molar-refractivity contribution >= 4 is 18.1 Å². The van der Waals surface area contributed by atoms with Gasteiger partial charge in [0.2, 0.25) is 0 Å². The molecule has 234 valence electrons. The van der Waals surface area contributed by atoms with Crippen LogP contribution in [0.1, 0.15) is 84.2 Å². The maximum Gasteiger partial charge on any atom is 0.335 e. The summed E-state index contributed by atoms with van der Waals surface area (Å²) < 4.78 is 23.5. The van der Waals surface area contributed by atoms with Gasteiger partial charge in [0.1, 0.15) is 18.5 Å². The molecule has 0 saturated heterocycles. The van der Waals surface area contributed by atoms with Crippen LogP contribution >= 0.6 is 0 Å². The van der Waals surface area contributed by atoms with Crippen LogP contribution < -0.4 is 4.74 Å². The Bertz CT molecular complexity index is 1570. The van der Waals surface area contributed by atoms with Crippen LogP contribution in [-0.4, -0.2) is 38.5 Å². The van der Waals surface area contributed by atoms with Gasteiger partial charge in [-0.25, -0.2) is 4.79 Å². The molecule has 1 aliphatic rings. The van der Waals surface area contributed by atoms with Gasteiger partial charge in [-0.2, -0.15) is 0 Å². The highest BCUT2D eigenvalue weighted by molar-refractivity contribution is 5.77. The molecule has 0 radical (unpaired) electrons. The highest BCUT2D eigenvalue weighted by Gasteiger charge is 2.24. The second-order valence-corrected chi connectivity index (χ2v) is 11.3. The van der Waals surface area contributed by atoms with Crippen molar-refractivity contribution in [3.8, 4) is 5.75 Å². The molecule has 0 heterocycles. The molecule has 5 heteroatoms. The van der Waals surface area contributed by atoms with E-state index in [-0.39, 0.29) is 18.0 Å². The third-order valence-electron chi connectivity index (χ3n) is 8.38. The van der Waals surface area contributed by atoms with E-state index in [1.165, 1.54) is 38.9 Å². The summed E-state index contributed by atoms with van der Waals surface area (Å²) in [6.07, 6.45) is 5.04. The standard InChI is InChI=1S/C40H44O5/c1-5-29-15-22-36-34(25-29)19-17-32-16-18-33(28(4)31-11-9-8-10-12-31)27-37(32)39(36)45-24-23-44-35-20-13-30(14-21-35)26-38(42-6-2)40(41)43-7-3/h8-22,25,27-28,38-39H,5-7,23-24,26H2,1-4H3. The molecule has 3 unspecified atom stereocenters. The fourth-order valence-corrected chi connectivity index (χ4v) is 5.84. The largest absolute Gasteiger partial charge is 0.491 e. The molecule has 4 aromatic rings. The number of rotatable bonds is 14. The zero-order chi connectivity index (χ0) is 31.6. The summed E-state index contributed by atoms with van der Waals surface area (Å²) in [5, 5.41) is 0. The van der Waals surface area contributed by atoms with E-state index in [4.69, 9.17) is 18.9 Å². The molecule has 0 aliphatic heterocycles. The number of fused-ring (bicyclic) bond motifs is 2. The molecular weight excluding hydrogens is 560 g/mol. The van der Waals surface area contributed by atoms with Crippen LogP contribution in [0.4, 0.5) is 0 Å². The monoisotopic (exact) mass is 604 g/mol. The molecule has 0 bridgehead atoms. The van der Waals surface area contributed by atoms with Crippen LogP contribution in [-0.2, 0) is 31.8 Å². The highest BCUT2D eigenvalue weighted by Crippen LogP contribution is 2.38. The maximum absolute atomic E-state index is 12.2. The van der Waals surface area contributed by atoms with Crippen molar-refractivity contribution in [3.05, 3.63) is 136 Å². The first-order valence-corrected chi connectivity index (χ1v) is 16.1. The number of ether oxygens (including phenoxy) is 4. The average molecular weight is 605 g/mol. The van der Waals surface area contributed by atoms with Gasteiger partial charge in [0, 0.05) is 18.9 Å². The van der Waals surface area contributed by atoms with Crippen LogP contribution in [0.15, 0.2) is 91.0 Å². The van der Waals surface area contributed by atoms with Crippen LogP contribution in [0.5, 0.6) is 5.75 Å². The van der Waals surface area contributed by atoms with E-state index in [0.717, 1.165) is 17.7 Å². The molecule has 4 aromatic carbocycles. The molecule has 0 saturated carbocycles. The third kappa shape index (κ3) is 8.10. The minimum absolute atomic E-state index is 0.219. The lowest BCUT2D eigenvalue weighted by Crippen LogP contribution is -2.28. The van der Waals surface area contributed by atoms with Gasteiger partial charge in [-0.15, -0.1) is 0 Å². The number of benzene rings is 4. The van der Waals surface area contributed by atoms with Crippen LogP contribution in [0.25, 0.3) is 12.2 Å². The second-order valence-electron chi connectivity index (χ2n) is 11.3. The molecule has 0 spiro atoms. The van der Waals surface area contributed by atoms with Gasteiger partial charge in [0.05, 0.1) is 13.2 Å². The molecule has 5 rings (SSSR count). The Morgan fingerprint density at radius 2 is 1.49 bits per heavy atom. The molecule has 0 aromatic heterocycles. The Morgan fingerprint density at radius 3 is 2.22 bits per heavy atom. The van der Waals surface area contributed by atoms with E-state index < -0.39 is 6.10 Å². The van der Waals surface area contributed by atoms with Gasteiger partial charge < -0.3 is 18.9 Å². The smallest absolute Gasteiger partial charge is 0.335 e.